The molecule has 0 bridgehead atoms. The van der Waals surface area contributed by atoms with Crippen LogP contribution in [0.3, 0.4) is 0 Å². The van der Waals surface area contributed by atoms with E-state index in [9.17, 15) is 4.57 Å². The molecule has 0 spiro atoms. The van der Waals surface area contributed by atoms with Gasteiger partial charge in [0.15, 0.2) is 0 Å². The van der Waals surface area contributed by atoms with Crippen LogP contribution in [0.15, 0.2) is 0 Å². The predicted octanol–water partition coefficient (Wildman–Crippen LogP) is 1.19. The molecule has 0 aliphatic heterocycles. The van der Waals surface area contributed by atoms with Gasteiger partial charge in [-0.1, -0.05) is 6.92 Å². The summed E-state index contributed by atoms with van der Waals surface area (Å²) in [5.41, 5.74) is 0. The van der Waals surface area contributed by atoms with Crippen molar-refractivity contribution in [1.29, 1.82) is 10.5 Å². The highest BCUT2D eigenvalue weighted by atomic mass is 31.2. The molecule has 0 fully saturated rings. The first-order chi connectivity index (χ1) is 4.68. The summed E-state index contributed by atoms with van der Waals surface area (Å²) in [6.45, 7) is 1.50. The van der Waals surface area contributed by atoms with E-state index >= 15 is 0 Å². The van der Waals surface area contributed by atoms with E-state index < -0.39 is 7.60 Å². The molecule has 6 heteroatoms. The zero-order valence-corrected chi connectivity index (χ0v) is 6.17. The van der Waals surface area contributed by atoms with Crippen LogP contribution < -0.4 is 0 Å². The molecule has 0 N–H and O–H groups in total. The van der Waals surface area contributed by atoms with Gasteiger partial charge in [0, 0.05) is 0 Å². The lowest BCUT2D eigenvalue weighted by Gasteiger charge is -2.05. The van der Waals surface area contributed by atoms with E-state index in [-0.39, 0.29) is 6.16 Å². The lowest BCUT2D eigenvalue weighted by Crippen LogP contribution is -1.88. The third-order valence-corrected chi connectivity index (χ3v) is 2.24. The smallest absolute Gasteiger partial charge is 0.340 e. The van der Waals surface area contributed by atoms with Gasteiger partial charge in [-0.3, -0.25) is 0 Å². The van der Waals surface area contributed by atoms with E-state index in [1.54, 1.807) is 0 Å². The average molecular weight is 160 g/mol. The minimum absolute atomic E-state index is 0.00806. The molecule has 0 amide bonds. The third-order valence-electron chi connectivity index (χ3n) is 0.747. The predicted molar refractivity (Wildman–Crippen MR) is 31.5 cm³/mol. The van der Waals surface area contributed by atoms with Gasteiger partial charge in [-0.15, -0.1) is 10.5 Å². The second kappa shape index (κ2) is 3.76. The average Bonchev–Trinajstić information content (AvgIpc) is 1.89. The van der Waals surface area contributed by atoms with Crippen molar-refractivity contribution in [2.75, 3.05) is 6.16 Å². The molecule has 10 heavy (non-hydrogen) atoms. The Morgan fingerprint density at radius 2 is 1.80 bits per heavy atom. The Hall–Kier alpha value is -1.19. The lowest BCUT2D eigenvalue weighted by atomic mass is 11.0. The van der Waals surface area contributed by atoms with Crippen LogP contribution in [0.4, 0.5) is 0 Å². The van der Waals surface area contributed by atoms with Crippen molar-refractivity contribution in [3.63, 3.8) is 0 Å². The fourth-order valence-electron chi connectivity index (χ4n) is 0.272. The Bertz CT molecular complexity index is 206. The highest BCUT2D eigenvalue weighted by Crippen LogP contribution is 2.46. The number of nitrogens with zero attached hydrogens (tertiary/aromatic N) is 2. The van der Waals surface area contributed by atoms with Crippen LogP contribution in [0.25, 0.3) is 0 Å². The van der Waals surface area contributed by atoms with Gasteiger partial charge in [-0.05, 0) is 0 Å². The topological polar surface area (TPSA) is 83.1 Å². The van der Waals surface area contributed by atoms with Crippen molar-refractivity contribution in [2.24, 2.45) is 0 Å². The molecular formula is C4H5N2O3P. The van der Waals surface area contributed by atoms with E-state index in [4.69, 9.17) is 10.5 Å². The van der Waals surface area contributed by atoms with Crippen LogP contribution in [0.5, 0.6) is 0 Å². The number of hydrogen-bond acceptors (Lipinski definition) is 5. The highest BCUT2D eigenvalue weighted by Gasteiger charge is 2.23. The number of nitriles is 2. The molecule has 0 aromatic carbocycles. The van der Waals surface area contributed by atoms with Gasteiger partial charge >= 0.3 is 7.60 Å². The van der Waals surface area contributed by atoms with Crippen LogP contribution >= 0.6 is 7.60 Å². The summed E-state index contributed by atoms with van der Waals surface area (Å²) in [6.07, 6.45) is 2.42. The molecule has 0 aliphatic rings. The van der Waals surface area contributed by atoms with Gasteiger partial charge < -0.3 is 9.05 Å². The molecule has 0 aromatic rings. The van der Waals surface area contributed by atoms with Crippen LogP contribution in [-0.2, 0) is 13.6 Å². The molecule has 54 valence electrons. The van der Waals surface area contributed by atoms with E-state index in [0.29, 0.717) is 0 Å². The summed E-state index contributed by atoms with van der Waals surface area (Å²) in [7, 11) is -3.42. The summed E-state index contributed by atoms with van der Waals surface area (Å²) in [5.74, 6) is 0. The monoisotopic (exact) mass is 160 g/mol. The second-order valence-electron chi connectivity index (χ2n) is 1.29. The molecule has 0 aromatic heterocycles. The zero-order chi connectivity index (χ0) is 8.04. The Labute approximate surface area is 58.3 Å². The summed E-state index contributed by atoms with van der Waals surface area (Å²) >= 11 is 0. The van der Waals surface area contributed by atoms with Crippen molar-refractivity contribution in [3.8, 4) is 12.5 Å². The van der Waals surface area contributed by atoms with Gasteiger partial charge in [-0.2, -0.15) is 0 Å². The minimum atomic E-state index is -3.42. The standard InChI is InChI=1S/C4H5N2O3P/c1-2-10(7,8-3-5)9-4-6/h2H2,1H3. The SMILES string of the molecule is CCP(=O)(OC#N)OC#N. The molecule has 0 saturated carbocycles. The van der Waals surface area contributed by atoms with Crippen molar-refractivity contribution in [2.45, 2.75) is 6.92 Å². The van der Waals surface area contributed by atoms with Crippen molar-refractivity contribution in [1.82, 2.24) is 0 Å². The first-order valence-electron chi connectivity index (χ1n) is 2.43. The Kier molecular flexibility index (Phi) is 3.32. The Balaban J connectivity index is 4.16. The molecule has 0 saturated heterocycles. The van der Waals surface area contributed by atoms with Gasteiger partial charge in [0.25, 0.3) is 12.5 Å². The van der Waals surface area contributed by atoms with Gasteiger partial charge in [0.05, 0.1) is 6.16 Å². The quantitative estimate of drug-likeness (QED) is 0.457. The number of hydrogen-bond donors (Lipinski definition) is 0. The largest absolute Gasteiger partial charge is 0.449 e. The summed E-state index contributed by atoms with van der Waals surface area (Å²) < 4.78 is 19.0. The normalized spacial score (nSPS) is 9.10. The lowest BCUT2D eigenvalue weighted by molar-refractivity contribution is 0.348. The van der Waals surface area contributed by atoms with Crippen LogP contribution in [0, 0.1) is 23.0 Å². The molecular weight excluding hydrogens is 155 g/mol. The van der Waals surface area contributed by atoms with E-state index in [1.165, 1.54) is 19.4 Å². The molecule has 0 radical (unpaired) electrons. The summed E-state index contributed by atoms with van der Waals surface area (Å²) in [5, 5.41) is 15.9. The van der Waals surface area contributed by atoms with Crippen molar-refractivity contribution < 1.29 is 13.6 Å². The first kappa shape index (κ1) is 8.81. The molecule has 5 nitrogen and oxygen atoms in total. The van der Waals surface area contributed by atoms with Crippen molar-refractivity contribution >= 4 is 7.60 Å². The van der Waals surface area contributed by atoms with Crippen LogP contribution in [-0.4, -0.2) is 6.16 Å². The Morgan fingerprint density at radius 3 is 2.00 bits per heavy atom. The van der Waals surface area contributed by atoms with Gasteiger partial charge in [0.2, 0.25) is 0 Å². The van der Waals surface area contributed by atoms with Crippen molar-refractivity contribution in [3.05, 3.63) is 0 Å². The van der Waals surface area contributed by atoms with Gasteiger partial charge in [-0.25, -0.2) is 4.57 Å². The fraction of sp³-hybridized carbons (Fsp3) is 0.500. The maximum absolute atomic E-state index is 10.9. The first-order valence-corrected chi connectivity index (χ1v) is 4.15. The third kappa shape index (κ3) is 2.39. The van der Waals surface area contributed by atoms with E-state index in [0.717, 1.165) is 0 Å². The molecule has 0 heterocycles. The summed E-state index contributed by atoms with van der Waals surface area (Å²) in [4.78, 5) is 0. The van der Waals surface area contributed by atoms with E-state index in [1.807, 2.05) is 0 Å². The second-order valence-corrected chi connectivity index (χ2v) is 3.51. The fourth-order valence-corrected chi connectivity index (χ4v) is 0.816. The molecule has 0 unspecified atom stereocenters. The molecule has 0 atom stereocenters. The van der Waals surface area contributed by atoms with E-state index in [2.05, 4.69) is 9.05 Å². The molecule has 0 aliphatic carbocycles. The maximum Gasteiger partial charge on any atom is 0.449 e. The molecule has 0 rings (SSSR count). The number of rotatable bonds is 3. The zero-order valence-electron chi connectivity index (χ0n) is 5.27. The summed E-state index contributed by atoms with van der Waals surface area (Å²) in [6, 6.07) is 0. The Morgan fingerprint density at radius 1 is 1.40 bits per heavy atom. The van der Waals surface area contributed by atoms with Crippen LogP contribution in [0.1, 0.15) is 6.92 Å². The van der Waals surface area contributed by atoms with Crippen LogP contribution in [0.2, 0.25) is 0 Å². The van der Waals surface area contributed by atoms with Gasteiger partial charge in [0.1, 0.15) is 0 Å². The maximum atomic E-state index is 10.9. The minimum Gasteiger partial charge on any atom is -0.340 e. The highest BCUT2D eigenvalue weighted by molar-refractivity contribution is 7.54.